The van der Waals surface area contributed by atoms with E-state index >= 15 is 0 Å². The largest absolute Gasteiger partial charge is 0.368 e. The van der Waals surface area contributed by atoms with Gasteiger partial charge in [0.2, 0.25) is 17.8 Å². The standard InChI is InChI=1S/C10H18N6OS/c1-6(2)3-4-13-7(17)5-18-10-15-8(11)14-9(12)16-10/h6H,3-5H2,1-2H3,(H,13,17)(H4,11,12,14,15,16). The van der Waals surface area contributed by atoms with Crippen LogP contribution in [0.5, 0.6) is 0 Å². The van der Waals surface area contributed by atoms with Crippen LogP contribution in [0.3, 0.4) is 0 Å². The fourth-order valence-electron chi connectivity index (χ4n) is 1.13. The molecular weight excluding hydrogens is 252 g/mol. The Balaban J connectivity index is 2.33. The summed E-state index contributed by atoms with van der Waals surface area (Å²) in [6, 6.07) is 0. The minimum atomic E-state index is -0.0572. The molecule has 1 amide bonds. The fourth-order valence-corrected chi connectivity index (χ4v) is 1.81. The number of nitrogen functional groups attached to an aromatic ring is 2. The maximum absolute atomic E-state index is 11.5. The quantitative estimate of drug-likeness (QED) is 0.635. The lowest BCUT2D eigenvalue weighted by Crippen LogP contribution is -2.27. The molecule has 0 aliphatic carbocycles. The first-order valence-electron chi connectivity index (χ1n) is 5.64. The number of carbonyl (C=O) groups excluding carboxylic acids is 1. The average molecular weight is 270 g/mol. The summed E-state index contributed by atoms with van der Waals surface area (Å²) in [7, 11) is 0. The molecule has 7 nitrogen and oxygen atoms in total. The van der Waals surface area contributed by atoms with Crippen LogP contribution >= 0.6 is 11.8 Å². The molecule has 1 rings (SSSR count). The molecule has 0 saturated heterocycles. The number of hydrogen-bond donors (Lipinski definition) is 3. The van der Waals surface area contributed by atoms with Crippen LogP contribution in [0.2, 0.25) is 0 Å². The maximum Gasteiger partial charge on any atom is 0.230 e. The lowest BCUT2D eigenvalue weighted by Gasteiger charge is -2.06. The molecule has 100 valence electrons. The lowest BCUT2D eigenvalue weighted by atomic mass is 10.1. The summed E-state index contributed by atoms with van der Waals surface area (Å²) < 4.78 is 0. The van der Waals surface area contributed by atoms with E-state index in [0.29, 0.717) is 17.6 Å². The number of nitrogens with one attached hydrogen (secondary N) is 1. The van der Waals surface area contributed by atoms with E-state index in [9.17, 15) is 4.79 Å². The molecule has 0 spiro atoms. The first-order chi connectivity index (χ1) is 8.47. The van der Waals surface area contributed by atoms with Gasteiger partial charge in [0.25, 0.3) is 0 Å². The molecule has 1 aromatic heterocycles. The molecule has 1 heterocycles. The Morgan fingerprint density at radius 3 is 2.44 bits per heavy atom. The second kappa shape index (κ2) is 7.00. The highest BCUT2D eigenvalue weighted by atomic mass is 32.2. The number of amides is 1. The van der Waals surface area contributed by atoms with Crippen molar-refractivity contribution in [3.8, 4) is 0 Å². The molecule has 0 bridgehead atoms. The third kappa shape index (κ3) is 5.67. The van der Waals surface area contributed by atoms with Crippen molar-refractivity contribution in [1.29, 1.82) is 0 Å². The van der Waals surface area contributed by atoms with E-state index < -0.39 is 0 Å². The summed E-state index contributed by atoms with van der Waals surface area (Å²) in [6.45, 7) is 4.90. The Bertz CT molecular complexity index is 391. The number of rotatable bonds is 6. The smallest absolute Gasteiger partial charge is 0.230 e. The zero-order valence-electron chi connectivity index (χ0n) is 10.5. The molecule has 18 heavy (non-hydrogen) atoms. The van der Waals surface area contributed by atoms with Gasteiger partial charge in [-0.3, -0.25) is 4.79 Å². The molecule has 0 aromatic carbocycles. The summed E-state index contributed by atoms with van der Waals surface area (Å²) in [5.41, 5.74) is 10.8. The summed E-state index contributed by atoms with van der Waals surface area (Å²) in [6.07, 6.45) is 0.960. The van der Waals surface area contributed by atoms with Gasteiger partial charge in [0, 0.05) is 6.54 Å². The van der Waals surface area contributed by atoms with E-state index in [-0.39, 0.29) is 23.6 Å². The van der Waals surface area contributed by atoms with Crippen LogP contribution in [0.1, 0.15) is 20.3 Å². The SMILES string of the molecule is CC(C)CCNC(=O)CSc1nc(N)nc(N)n1. The van der Waals surface area contributed by atoms with Crippen molar-refractivity contribution in [2.45, 2.75) is 25.4 Å². The highest BCUT2D eigenvalue weighted by molar-refractivity contribution is 7.99. The molecule has 1 aromatic rings. The predicted molar refractivity (Wildman–Crippen MR) is 71.8 cm³/mol. The van der Waals surface area contributed by atoms with Crippen LogP contribution in [-0.2, 0) is 4.79 Å². The third-order valence-electron chi connectivity index (χ3n) is 2.03. The molecular formula is C10H18N6OS. The van der Waals surface area contributed by atoms with Gasteiger partial charge < -0.3 is 16.8 Å². The van der Waals surface area contributed by atoms with Crippen molar-refractivity contribution in [3.05, 3.63) is 0 Å². The maximum atomic E-state index is 11.5. The summed E-state index contributed by atoms with van der Waals surface area (Å²) in [5.74, 6) is 0.871. The van der Waals surface area contributed by atoms with Gasteiger partial charge in [-0.15, -0.1) is 0 Å². The minimum Gasteiger partial charge on any atom is -0.368 e. The van der Waals surface area contributed by atoms with Crippen LogP contribution in [0, 0.1) is 5.92 Å². The first kappa shape index (κ1) is 14.5. The molecule has 0 atom stereocenters. The molecule has 0 saturated carbocycles. The van der Waals surface area contributed by atoms with Crippen LogP contribution in [0.4, 0.5) is 11.9 Å². The molecule has 8 heteroatoms. The highest BCUT2D eigenvalue weighted by Gasteiger charge is 2.07. The predicted octanol–water partition coefficient (Wildman–Crippen LogP) is 0.290. The van der Waals surface area contributed by atoms with E-state index in [1.165, 1.54) is 11.8 Å². The second-order valence-electron chi connectivity index (χ2n) is 4.16. The van der Waals surface area contributed by atoms with Crippen molar-refractivity contribution < 1.29 is 4.79 Å². The average Bonchev–Trinajstić information content (AvgIpc) is 2.24. The van der Waals surface area contributed by atoms with Crippen LogP contribution < -0.4 is 16.8 Å². The number of nitrogens with zero attached hydrogens (tertiary/aromatic N) is 3. The normalized spacial score (nSPS) is 10.6. The van der Waals surface area contributed by atoms with E-state index in [4.69, 9.17) is 11.5 Å². The summed E-state index contributed by atoms with van der Waals surface area (Å²) in [5, 5.41) is 3.18. The Morgan fingerprint density at radius 2 is 1.89 bits per heavy atom. The van der Waals surface area contributed by atoms with Gasteiger partial charge in [-0.2, -0.15) is 15.0 Å². The van der Waals surface area contributed by atoms with Crippen molar-refractivity contribution >= 4 is 29.6 Å². The van der Waals surface area contributed by atoms with E-state index in [2.05, 4.69) is 34.1 Å². The zero-order chi connectivity index (χ0) is 13.5. The number of anilines is 2. The van der Waals surface area contributed by atoms with Gasteiger partial charge in [-0.05, 0) is 12.3 Å². The lowest BCUT2D eigenvalue weighted by molar-refractivity contribution is -0.118. The van der Waals surface area contributed by atoms with Gasteiger partial charge in [-0.1, -0.05) is 25.6 Å². The van der Waals surface area contributed by atoms with Gasteiger partial charge in [-0.25, -0.2) is 0 Å². The van der Waals surface area contributed by atoms with E-state index in [1.54, 1.807) is 0 Å². The molecule has 0 aliphatic rings. The third-order valence-corrected chi connectivity index (χ3v) is 2.87. The van der Waals surface area contributed by atoms with Gasteiger partial charge in [0.05, 0.1) is 5.75 Å². The fraction of sp³-hybridized carbons (Fsp3) is 0.600. The van der Waals surface area contributed by atoms with Crippen molar-refractivity contribution in [3.63, 3.8) is 0 Å². The highest BCUT2D eigenvalue weighted by Crippen LogP contribution is 2.13. The van der Waals surface area contributed by atoms with Crippen molar-refractivity contribution in [2.24, 2.45) is 5.92 Å². The molecule has 5 N–H and O–H groups in total. The Hall–Kier alpha value is -1.57. The topological polar surface area (TPSA) is 120 Å². The summed E-state index contributed by atoms with van der Waals surface area (Å²) in [4.78, 5) is 22.9. The first-order valence-corrected chi connectivity index (χ1v) is 6.62. The molecule has 0 radical (unpaired) electrons. The number of hydrogen-bond acceptors (Lipinski definition) is 7. The number of thioether (sulfide) groups is 1. The van der Waals surface area contributed by atoms with Gasteiger partial charge in [0.1, 0.15) is 0 Å². The Morgan fingerprint density at radius 1 is 1.28 bits per heavy atom. The summed E-state index contributed by atoms with van der Waals surface area (Å²) >= 11 is 1.18. The van der Waals surface area contributed by atoms with Crippen LogP contribution in [0.25, 0.3) is 0 Å². The minimum absolute atomic E-state index is 0.0572. The number of carbonyl (C=O) groups is 1. The van der Waals surface area contributed by atoms with Crippen molar-refractivity contribution in [2.75, 3.05) is 23.8 Å². The van der Waals surface area contributed by atoms with Crippen LogP contribution in [-0.4, -0.2) is 33.2 Å². The van der Waals surface area contributed by atoms with E-state index in [0.717, 1.165) is 6.42 Å². The molecule has 0 fully saturated rings. The second-order valence-corrected chi connectivity index (χ2v) is 5.10. The van der Waals surface area contributed by atoms with Crippen molar-refractivity contribution in [1.82, 2.24) is 20.3 Å². The number of aromatic nitrogens is 3. The van der Waals surface area contributed by atoms with Gasteiger partial charge >= 0.3 is 0 Å². The monoisotopic (exact) mass is 270 g/mol. The Labute approximate surface area is 110 Å². The van der Waals surface area contributed by atoms with E-state index in [1.807, 2.05) is 0 Å². The zero-order valence-corrected chi connectivity index (χ0v) is 11.3. The number of nitrogens with two attached hydrogens (primary N) is 2. The molecule has 0 aliphatic heterocycles. The molecule has 0 unspecified atom stereocenters. The Kier molecular flexibility index (Phi) is 5.63. The van der Waals surface area contributed by atoms with Gasteiger partial charge in [0.15, 0.2) is 5.16 Å². The van der Waals surface area contributed by atoms with Crippen LogP contribution in [0.15, 0.2) is 5.16 Å².